The van der Waals surface area contributed by atoms with Crippen LogP contribution in [0.25, 0.3) is 0 Å². The van der Waals surface area contributed by atoms with Gasteiger partial charge in [0.2, 0.25) is 11.7 Å². The summed E-state index contributed by atoms with van der Waals surface area (Å²) in [5.74, 6) is -2.49. The zero-order chi connectivity index (χ0) is 23.1. The lowest BCUT2D eigenvalue weighted by molar-refractivity contribution is -0.166. The number of benzene rings is 2. The number of carbonyl (C=O) groups excluding carboxylic acids is 1. The molecule has 3 aromatic rings. The highest BCUT2D eigenvalue weighted by molar-refractivity contribution is 7.17. The van der Waals surface area contributed by atoms with Crippen molar-refractivity contribution in [2.24, 2.45) is 0 Å². The first kappa shape index (κ1) is 23.6. The minimum Gasteiger partial charge on any atom is -0.498 e. The molecule has 1 aromatic heterocycles. The van der Waals surface area contributed by atoms with Crippen LogP contribution in [0.2, 0.25) is 0 Å². The molecule has 32 heavy (non-hydrogen) atoms. The van der Waals surface area contributed by atoms with Crippen molar-refractivity contribution >= 4 is 28.1 Å². The lowest BCUT2D eigenvalue weighted by Gasteiger charge is -2.24. The summed E-state index contributed by atoms with van der Waals surface area (Å²) in [5, 5.41) is 36.4. The first-order valence-electron chi connectivity index (χ1n) is 9.86. The Morgan fingerprint density at radius 2 is 1.88 bits per heavy atom. The van der Waals surface area contributed by atoms with Crippen LogP contribution in [0.15, 0.2) is 54.6 Å². The quantitative estimate of drug-likeness (QED) is 0.252. The third-order valence-electron chi connectivity index (χ3n) is 4.81. The van der Waals surface area contributed by atoms with E-state index < -0.39 is 5.79 Å². The number of aromatic nitrogens is 1. The van der Waals surface area contributed by atoms with Gasteiger partial charge in [0.15, 0.2) is 10.2 Å². The standard InChI is InChI=1S/C22H26N4O5S/c1-31-18(14-5-3-2-4-6-14)12-24-13-22(29,30)15-7-9-16(10-8-15)25-19(27)11-17-20(28)32-21(23)26-17/h2-10,18,24,28-30H,11-13H2,1H3,(H2,23,26)(H,25,27). The Bertz CT molecular complexity index is 1020. The lowest BCUT2D eigenvalue weighted by Crippen LogP contribution is -2.39. The average molecular weight is 459 g/mol. The summed E-state index contributed by atoms with van der Waals surface area (Å²) < 4.78 is 5.47. The molecule has 7 N–H and O–H groups in total. The number of aliphatic hydroxyl groups is 2. The van der Waals surface area contributed by atoms with E-state index in [1.165, 1.54) is 12.1 Å². The lowest BCUT2D eigenvalue weighted by atomic mass is 10.0. The minimum absolute atomic E-state index is 0.0891. The fourth-order valence-electron chi connectivity index (χ4n) is 3.14. The van der Waals surface area contributed by atoms with Gasteiger partial charge in [-0.25, -0.2) is 4.98 Å². The molecule has 0 aliphatic rings. The fourth-order valence-corrected chi connectivity index (χ4v) is 3.73. The van der Waals surface area contributed by atoms with Crippen LogP contribution in [0.4, 0.5) is 10.8 Å². The van der Waals surface area contributed by atoms with E-state index in [0.717, 1.165) is 16.9 Å². The molecule has 9 nitrogen and oxygen atoms in total. The van der Waals surface area contributed by atoms with E-state index in [0.29, 0.717) is 12.2 Å². The van der Waals surface area contributed by atoms with Gasteiger partial charge in [0.25, 0.3) is 0 Å². The predicted molar refractivity (Wildman–Crippen MR) is 122 cm³/mol. The molecule has 1 atom stereocenters. The smallest absolute Gasteiger partial charge is 0.230 e. The number of nitrogens with two attached hydrogens (primary N) is 1. The van der Waals surface area contributed by atoms with E-state index in [1.807, 2.05) is 30.3 Å². The molecule has 3 rings (SSSR count). The summed E-state index contributed by atoms with van der Waals surface area (Å²) in [6, 6.07) is 15.8. The highest BCUT2D eigenvalue weighted by Gasteiger charge is 2.26. The fraction of sp³-hybridized carbons (Fsp3) is 0.273. The normalized spacial score (nSPS) is 12.5. The molecular weight excluding hydrogens is 432 g/mol. The number of thiazole rings is 1. The van der Waals surface area contributed by atoms with E-state index in [-0.39, 0.29) is 46.4 Å². The molecule has 0 aliphatic carbocycles. The zero-order valence-corrected chi connectivity index (χ0v) is 18.3. The summed E-state index contributed by atoms with van der Waals surface area (Å²) in [6.45, 7) is 0.279. The number of nitrogen functional groups attached to an aromatic ring is 1. The molecule has 0 saturated carbocycles. The van der Waals surface area contributed by atoms with Gasteiger partial charge < -0.3 is 36.4 Å². The Kier molecular flexibility index (Phi) is 7.78. The number of hydrogen-bond acceptors (Lipinski definition) is 9. The van der Waals surface area contributed by atoms with Crippen LogP contribution < -0.4 is 16.4 Å². The van der Waals surface area contributed by atoms with Gasteiger partial charge in [0.1, 0.15) is 5.69 Å². The maximum atomic E-state index is 12.2. The van der Waals surface area contributed by atoms with Gasteiger partial charge in [-0.2, -0.15) is 0 Å². The summed E-state index contributed by atoms with van der Waals surface area (Å²) in [5.41, 5.74) is 7.44. The second-order valence-corrected chi connectivity index (χ2v) is 8.20. The summed E-state index contributed by atoms with van der Waals surface area (Å²) in [4.78, 5) is 16.1. The van der Waals surface area contributed by atoms with E-state index in [4.69, 9.17) is 10.5 Å². The average Bonchev–Trinajstić information content (AvgIpc) is 3.08. The van der Waals surface area contributed by atoms with Crippen molar-refractivity contribution < 1.29 is 24.9 Å². The molecule has 1 amide bonds. The van der Waals surface area contributed by atoms with Crippen LogP contribution in [0.5, 0.6) is 5.06 Å². The third-order valence-corrected chi connectivity index (χ3v) is 5.54. The van der Waals surface area contributed by atoms with Gasteiger partial charge in [-0.3, -0.25) is 4.79 Å². The Balaban J connectivity index is 1.53. The number of aromatic hydroxyl groups is 1. The zero-order valence-electron chi connectivity index (χ0n) is 17.5. The van der Waals surface area contributed by atoms with E-state index in [2.05, 4.69) is 15.6 Å². The van der Waals surface area contributed by atoms with Crippen molar-refractivity contribution in [3.05, 3.63) is 71.4 Å². The van der Waals surface area contributed by atoms with Gasteiger partial charge in [-0.05, 0) is 17.7 Å². The molecule has 10 heteroatoms. The van der Waals surface area contributed by atoms with Crippen LogP contribution in [0, 0.1) is 0 Å². The number of methoxy groups -OCH3 is 1. The van der Waals surface area contributed by atoms with Crippen LogP contribution in [-0.4, -0.2) is 46.4 Å². The Morgan fingerprint density at radius 1 is 1.19 bits per heavy atom. The van der Waals surface area contributed by atoms with Crippen molar-refractivity contribution in [3.63, 3.8) is 0 Å². The van der Waals surface area contributed by atoms with E-state index in [9.17, 15) is 20.1 Å². The summed E-state index contributed by atoms with van der Waals surface area (Å²) >= 11 is 0.903. The molecule has 170 valence electrons. The monoisotopic (exact) mass is 458 g/mol. The highest BCUT2D eigenvalue weighted by atomic mass is 32.1. The van der Waals surface area contributed by atoms with Crippen LogP contribution in [-0.2, 0) is 21.7 Å². The number of nitrogens with one attached hydrogen (secondary N) is 2. The van der Waals surface area contributed by atoms with Gasteiger partial charge in [0, 0.05) is 24.9 Å². The molecule has 0 radical (unpaired) electrons. The van der Waals surface area contributed by atoms with Crippen molar-refractivity contribution in [1.82, 2.24) is 10.3 Å². The summed E-state index contributed by atoms with van der Waals surface area (Å²) in [7, 11) is 1.60. The maximum Gasteiger partial charge on any atom is 0.230 e. The summed E-state index contributed by atoms with van der Waals surface area (Å²) in [6.07, 6.45) is -0.353. The van der Waals surface area contributed by atoms with Crippen molar-refractivity contribution in [1.29, 1.82) is 0 Å². The second kappa shape index (κ2) is 10.5. The maximum absolute atomic E-state index is 12.2. The van der Waals surface area contributed by atoms with Crippen LogP contribution in [0.1, 0.15) is 22.9 Å². The number of ether oxygens (including phenoxy) is 1. The number of nitrogens with zero attached hydrogens (tertiary/aromatic N) is 1. The SMILES string of the molecule is COC(CNCC(O)(O)c1ccc(NC(=O)Cc2nc(N)sc2O)cc1)c1ccccc1. The first-order valence-corrected chi connectivity index (χ1v) is 10.7. The number of amides is 1. The Hall–Kier alpha value is -3.02. The Labute approximate surface area is 189 Å². The van der Waals surface area contributed by atoms with E-state index >= 15 is 0 Å². The van der Waals surface area contributed by atoms with Crippen LogP contribution >= 0.6 is 11.3 Å². The van der Waals surface area contributed by atoms with Crippen molar-refractivity contribution in [2.45, 2.75) is 18.3 Å². The molecule has 1 heterocycles. The first-order chi connectivity index (χ1) is 15.3. The number of carbonyl (C=O) groups is 1. The number of rotatable bonds is 10. The molecule has 0 spiro atoms. The van der Waals surface area contributed by atoms with Gasteiger partial charge in [0.05, 0.1) is 19.1 Å². The van der Waals surface area contributed by atoms with Gasteiger partial charge in [-0.1, -0.05) is 53.8 Å². The largest absolute Gasteiger partial charge is 0.498 e. The Morgan fingerprint density at radius 3 is 2.47 bits per heavy atom. The minimum atomic E-state index is -2.11. The van der Waals surface area contributed by atoms with Gasteiger partial charge in [-0.15, -0.1) is 0 Å². The molecule has 0 saturated heterocycles. The molecule has 1 unspecified atom stereocenters. The second-order valence-electron chi connectivity index (χ2n) is 7.19. The molecule has 0 bridgehead atoms. The van der Waals surface area contributed by atoms with Crippen LogP contribution in [0.3, 0.4) is 0 Å². The third kappa shape index (κ3) is 6.25. The van der Waals surface area contributed by atoms with Gasteiger partial charge >= 0.3 is 0 Å². The molecule has 0 aliphatic heterocycles. The topological polar surface area (TPSA) is 150 Å². The van der Waals surface area contributed by atoms with Crippen molar-refractivity contribution in [3.8, 4) is 5.06 Å². The number of anilines is 2. The molecular formula is C22H26N4O5S. The predicted octanol–water partition coefficient (Wildman–Crippen LogP) is 1.73. The highest BCUT2D eigenvalue weighted by Crippen LogP contribution is 2.28. The van der Waals surface area contributed by atoms with Crippen molar-refractivity contribution in [2.75, 3.05) is 31.2 Å². The van der Waals surface area contributed by atoms with E-state index in [1.54, 1.807) is 19.2 Å². The molecule has 0 fully saturated rings. The number of hydrogen-bond donors (Lipinski definition) is 6. The molecule has 2 aromatic carbocycles.